The van der Waals surface area contributed by atoms with Crippen LogP contribution in [0.25, 0.3) is 0 Å². The first kappa shape index (κ1) is 12.7. The lowest BCUT2D eigenvalue weighted by Gasteiger charge is -2.18. The lowest BCUT2D eigenvalue weighted by molar-refractivity contribution is -0.137. The first-order chi connectivity index (χ1) is 8.29. The summed E-state index contributed by atoms with van der Waals surface area (Å²) in [6, 6.07) is 3.14. The highest BCUT2D eigenvalue weighted by molar-refractivity contribution is 5.95. The number of alkyl halides is 3. The molecule has 1 atom stereocenters. The molecule has 0 N–H and O–H groups in total. The number of hydrogen-bond acceptors (Lipinski definition) is 2. The van der Waals surface area contributed by atoms with Crippen molar-refractivity contribution in [2.45, 2.75) is 25.6 Å². The van der Waals surface area contributed by atoms with E-state index in [1.165, 1.54) is 18.0 Å². The highest BCUT2D eigenvalue weighted by Gasteiger charge is 2.33. The molecule has 3 nitrogen and oxygen atoms in total. The van der Waals surface area contributed by atoms with Gasteiger partial charge in [-0.25, -0.2) is 0 Å². The van der Waals surface area contributed by atoms with E-state index in [4.69, 9.17) is 4.74 Å². The molecule has 1 aromatic rings. The predicted molar refractivity (Wildman–Crippen MR) is 59.6 cm³/mol. The first-order valence-electron chi connectivity index (χ1n) is 5.43. The third kappa shape index (κ3) is 2.27. The summed E-state index contributed by atoms with van der Waals surface area (Å²) in [4.78, 5) is 12.9. The molecule has 0 bridgehead atoms. The molecule has 0 saturated heterocycles. The van der Waals surface area contributed by atoms with Crippen molar-refractivity contribution in [1.82, 2.24) is 0 Å². The van der Waals surface area contributed by atoms with Crippen molar-refractivity contribution >= 4 is 11.6 Å². The van der Waals surface area contributed by atoms with Crippen LogP contribution < -0.4 is 9.64 Å². The van der Waals surface area contributed by atoms with Gasteiger partial charge < -0.3 is 9.64 Å². The number of nitrogens with zero attached hydrogens (tertiary/aromatic N) is 1. The second kappa shape index (κ2) is 4.19. The van der Waals surface area contributed by atoms with Gasteiger partial charge >= 0.3 is 6.18 Å². The zero-order valence-corrected chi connectivity index (χ0v) is 9.91. The third-order valence-corrected chi connectivity index (χ3v) is 2.81. The Morgan fingerprint density at radius 1 is 1.39 bits per heavy atom. The van der Waals surface area contributed by atoms with Gasteiger partial charge in [0.15, 0.2) is 0 Å². The van der Waals surface area contributed by atoms with Crippen LogP contribution in [0.3, 0.4) is 0 Å². The Kier molecular flexibility index (Phi) is 2.96. The summed E-state index contributed by atoms with van der Waals surface area (Å²) in [5.41, 5.74) is -0.641. The molecule has 18 heavy (non-hydrogen) atoms. The van der Waals surface area contributed by atoms with Crippen molar-refractivity contribution < 1.29 is 22.7 Å². The fourth-order valence-electron chi connectivity index (χ4n) is 1.83. The van der Waals surface area contributed by atoms with E-state index in [1.54, 1.807) is 6.92 Å². The second-order valence-corrected chi connectivity index (χ2v) is 4.27. The van der Waals surface area contributed by atoms with Crippen LogP contribution >= 0.6 is 0 Å². The quantitative estimate of drug-likeness (QED) is 0.717. The van der Waals surface area contributed by atoms with Crippen molar-refractivity contribution in [3.05, 3.63) is 23.8 Å². The molecule has 98 valence electrons. The lowest BCUT2D eigenvalue weighted by atomic mass is 10.1. The largest absolute Gasteiger partial charge is 0.488 e. The molecule has 0 aliphatic carbocycles. The second-order valence-electron chi connectivity index (χ2n) is 4.27. The number of carbonyl (C=O) groups is 1. The number of anilines is 1. The van der Waals surface area contributed by atoms with E-state index in [-0.39, 0.29) is 24.1 Å². The molecular weight excluding hydrogens is 247 g/mol. The Hall–Kier alpha value is -1.72. The fraction of sp³-hybridized carbons (Fsp3) is 0.417. The van der Waals surface area contributed by atoms with E-state index in [2.05, 4.69) is 0 Å². The fourth-order valence-corrected chi connectivity index (χ4v) is 1.83. The average Bonchev–Trinajstić information content (AvgIpc) is 2.35. The maximum Gasteiger partial charge on any atom is 0.416 e. The molecule has 0 fully saturated rings. The number of halogens is 3. The Morgan fingerprint density at radius 2 is 2.06 bits per heavy atom. The van der Waals surface area contributed by atoms with Gasteiger partial charge in [-0.1, -0.05) is 0 Å². The van der Waals surface area contributed by atoms with Crippen LogP contribution in [0.1, 0.15) is 18.9 Å². The zero-order chi connectivity index (χ0) is 13.5. The molecule has 1 aliphatic heterocycles. The SMILES string of the molecule is CC1CC(=O)N(C)c2cc(C(F)(F)F)ccc2O1. The smallest absolute Gasteiger partial charge is 0.416 e. The molecule has 1 heterocycles. The molecular formula is C12H12F3NO2. The summed E-state index contributed by atoms with van der Waals surface area (Å²) < 4.78 is 43.3. The summed E-state index contributed by atoms with van der Waals surface area (Å²) in [6.07, 6.45) is -4.64. The predicted octanol–water partition coefficient (Wildman–Crippen LogP) is 2.84. The molecule has 0 saturated carbocycles. The van der Waals surface area contributed by atoms with Gasteiger partial charge in [-0.05, 0) is 25.1 Å². The number of amides is 1. The van der Waals surface area contributed by atoms with E-state index in [9.17, 15) is 18.0 Å². The van der Waals surface area contributed by atoms with Crippen molar-refractivity contribution in [2.75, 3.05) is 11.9 Å². The minimum Gasteiger partial charge on any atom is -0.488 e. The number of rotatable bonds is 0. The normalized spacial score (nSPS) is 20.2. The molecule has 6 heteroatoms. The van der Waals surface area contributed by atoms with Gasteiger partial charge in [-0.3, -0.25) is 4.79 Å². The zero-order valence-electron chi connectivity index (χ0n) is 9.91. The standard InChI is InChI=1S/C12H12F3NO2/c1-7-5-11(17)16(2)9-6-8(12(13,14)15)3-4-10(9)18-7/h3-4,6-7H,5H2,1-2H3. The number of benzene rings is 1. The van der Waals surface area contributed by atoms with Gasteiger partial charge in [0.2, 0.25) is 5.91 Å². The summed E-state index contributed by atoms with van der Waals surface area (Å²) in [5.74, 6) is 0.0319. The lowest BCUT2D eigenvalue weighted by Crippen LogP contribution is -2.27. The molecule has 1 unspecified atom stereocenters. The van der Waals surface area contributed by atoms with Crippen molar-refractivity contribution in [1.29, 1.82) is 0 Å². The van der Waals surface area contributed by atoms with Gasteiger partial charge in [0.25, 0.3) is 0 Å². The molecule has 1 aliphatic rings. The first-order valence-corrected chi connectivity index (χ1v) is 5.43. The van der Waals surface area contributed by atoms with Crippen molar-refractivity contribution in [3.63, 3.8) is 0 Å². The van der Waals surface area contributed by atoms with E-state index >= 15 is 0 Å². The van der Waals surface area contributed by atoms with Crippen LogP contribution in [0.5, 0.6) is 5.75 Å². The van der Waals surface area contributed by atoms with Gasteiger partial charge in [-0.15, -0.1) is 0 Å². The molecule has 2 rings (SSSR count). The topological polar surface area (TPSA) is 29.5 Å². The summed E-state index contributed by atoms with van der Waals surface area (Å²) in [7, 11) is 1.45. The molecule has 0 aromatic heterocycles. The van der Waals surface area contributed by atoms with Crippen LogP contribution in [-0.4, -0.2) is 19.1 Å². The summed E-state index contributed by atoms with van der Waals surface area (Å²) in [5, 5.41) is 0. The number of carbonyl (C=O) groups excluding carboxylic acids is 1. The van der Waals surface area contributed by atoms with Crippen LogP contribution in [-0.2, 0) is 11.0 Å². The summed E-state index contributed by atoms with van der Waals surface area (Å²) in [6.45, 7) is 1.71. The van der Waals surface area contributed by atoms with Crippen LogP contribution in [0.4, 0.5) is 18.9 Å². The van der Waals surface area contributed by atoms with Crippen LogP contribution in [0.15, 0.2) is 18.2 Å². The monoisotopic (exact) mass is 259 g/mol. The van der Waals surface area contributed by atoms with Crippen LogP contribution in [0.2, 0.25) is 0 Å². The number of fused-ring (bicyclic) bond motifs is 1. The Labute approximate surface area is 102 Å². The maximum absolute atomic E-state index is 12.6. The van der Waals surface area contributed by atoms with Gasteiger partial charge in [0.1, 0.15) is 11.9 Å². The number of ether oxygens (including phenoxy) is 1. The van der Waals surface area contributed by atoms with Gasteiger partial charge in [-0.2, -0.15) is 13.2 Å². The molecule has 1 aromatic carbocycles. The Balaban J connectivity index is 2.51. The minimum absolute atomic E-state index is 0.145. The van der Waals surface area contributed by atoms with E-state index < -0.39 is 11.7 Å². The minimum atomic E-state index is -4.43. The molecule has 0 radical (unpaired) electrons. The Bertz CT molecular complexity index is 485. The van der Waals surface area contributed by atoms with Crippen molar-refractivity contribution in [3.8, 4) is 5.75 Å². The molecule has 0 spiro atoms. The average molecular weight is 259 g/mol. The van der Waals surface area contributed by atoms with E-state index in [1.807, 2.05) is 0 Å². The van der Waals surface area contributed by atoms with Crippen LogP contribution in [0, 0.1) is 0 Å². The highest BCUT2D eigenvalue weighted by atomic mass is 19.4. The number of hydrogen-bond donors (Lipinski definition) is 0. The van der Waals surface area contributed by atoms with E-state index in [0.29, 0.717) is 5.75 Å². The third-order valence-electron chi connectivity index (χ3n) is 2.81. The Morgan fingerprint density at radius 3 is 2.67 bits per heavy atom. The molecule has 1 amide bonds. The van der Waals surface area contributed by atoms with Crippen molar-refractivity contribution in [2.24, 2.45) is 0 Å². The maximum atomic E-state index is 12.6. The van der Waals surface area contributed by atoms with Gasteiger partial charge in [0.05, 0.1) is 17.7 Å². The van der Waals surface area contributed by atoms with Gasteiger partial charge in [0, 0.05) is 7.05 Å². The summed E-state index contributed by atoms with van der Waals surface area (Å²) >= 11 is 0. The van der Waals surface area contributed by atoms with E-state index in [0.717, 1.165) is 12.1 Å². The highest BCUT2D eigenvalue weighted by Crippen LogP contribution is 2.38.